The van der Waals surface area contributed by atoms with E-state index in [2.05, 4.69) is 54.3 Å². The molecule has 2 fully saturated rings. The summed E-state index contributed by atoms with van der Waals surface area (Å²) in [4.78, 5) is 39.1. The fraction of sp³-hybridized carbons (Fsp3) is 0.433. The molecule has 216 valence electrons. The zero-order chi connectivity index (χ0) is 28.2. The molecule has 4 heterocycles. The number of aliphatic hydroxyl groups excluding tert-OH is 1. The number of amidine groups is 1. The van der Waals surface area contributed by atoms with Crippen LogP contribution >= 0.6 is 11.8 Å². The number of likely N-dealkylation sites (tertiary alicyclic amines) is 1. The first-order chi connectivity index (χ1) is 20.0. The Morgan fingerprint density at radius 1 is 1.02 bits per heavy atom. The van der Waals surface area contributed by atoms with E-state index >= 15 is 0 Å². The molecule has 1 amide bonds. The Balaban J connectivity index is 0.940. The molecule has 3 aliphatic heterocycles. The number of rotatable bonds is 8. The monoisotopic (exact) mass is 576 g/mol. The number of carbonyl (C=O) groups is 1. The van der Waals surface area contributed by atoms with E-state index in [4.69, 9.17) is 4.74 Å². The number of amides is 1. The third kappa shape index (κ3) is 6.69. The number of hydrogen-bond donors (Lipinski definition) is 4. The van der Waals surface area contributed by atoms with Gasteiger partial charge in [0.1, 0.15) is 24.0 Å². The maximum absolute atomic E-state index is 12.5. The minimum Gasteiger partial charge on any atom is -0.489 e. The minimum atomic E-state index is -0.665. The van der Waals surface area contributed by atoms with Crippen molar-refractivity contribution in [1.82, 2.24) is 20.2 Å². The van der Waals surface area contributed by atoms with Gasteiger partial charge in [0.2, 0.25) is 0 Å². The molecule has 0 aliphatic carbocycles. The fourth-order valence-corrected chi connectivity index (χ4v) is 6.56. The number of ether oxygens (including phenoxy) is 1. The smallest absolute Gasteiger partial charge is 0.323 e. The average molecular weight is 577 g/mol. The normalized spacial score (nSPS) is 20.2. The minimum absolute atomic E-state index is 0.135. The van der Waals surface area contributed by atoms with E-state index in [0.717, 1.165) is 62.6 Å². The van der Waals surface area contributed by atoms with Gasteiger partial charge >= 0.3 is 5.69 Å². The highest BCUT2D eigenvalue weighted by molar-refractivity contribution is 8.18. The van der Waals surface area contributed by atoms with E-state index < -0.39 is 6.10 Å². The third-order valence-electron chi connectivity index (χ3n) is 7.87. The lowest BCUT2D eigenvalue weighted by Gasteiger charge is -2.34. The molecule has 0 radical (unpaired) electrons. The molecule has 10 nitrogen and oxygen atoms in total. The highest BCUT2D eigenvalue weighted by Gasteiger charge is 2.27. The number of fused-ring (bicyclic) bond motifs is 1. The first-order valence-electron chi connectivity index (χ1n) is 14.4. The van der Waals surface area contributed by atoms with Gasteiger partial charge in [-0.1, -0.05) is 18.2 Å². The Bertz CT molecular complexity index is 1480. The summed E-state index contributed by atoms with van der Waals surface area (Å²) in [5, 5.41) is 14.8. The summed E-state index contributed by atoms with van der Waals surface area (Å²) in [6.45, 7) is 4.39. The zero-order valence-electron chi connectivity index (χ0n) is 23.0. The quantitative estimate of drug-likeness (QED) is 0.301. The SMILES string of the molecule is O=C1N=C(N2CCCCC2)S/C1=C\c1ccc(N2CCC(NC[C@H](O)COc3cccc4[nH]c(=O)[nH]c34)CC2)cc1. The van der Waals surface area contributed by atoms with Crippen LogP contribution in [0.4, 0.5) is 5.69 Å². The van der Waals surface area contributed by atoms with Crippen LogP contribution < -0.4 is 20.6 Å². The zero-order valence-corrected chi connectivity index (χ0v) is 23.8. The summed E-state index contributed by atoms with van der Waals surface area (Å²) in [5.74, 6) is 0.403. The van der Waals surface area contributed by atoms with Crippen LogP contribution in [0, 0.1) is 0 Å². The number of aromatic amines is 2. The molecule has 2 aromatic carbocycles. The van der Waals surface area contributed by atoms with Crippen LogP contribution in [-0.2, 0) is 4.79 Å². The molecule has 3 aliphatic rings. The van der Waals surface area contributed by atoms with E-state index in [1.54, 1.807) is 18.2 Å². The van der Waals surface area contributed by atoms with Crippen molar-refractivity contribution in [2.24, 2.45) is 4.99 Å². The molecule has 0 spiro atoms. The lowest BCUT2D eigenvalue weighted by Crippen LogP contribution is -2.45. The molecular formula is C30H36N6O4S. The fourth-order valence-electron chi connectivity index (χ4n) is 5.59. The van der Waals surface area contributed by atoms with Crippen molar-refractivity contribution < 1.29 is 14.6 Å². The maximum Gasteiger partial charge on any atom is 0.323 e. The number of piperidine rings is 2. The Hall–Kier alpha value is -3.54. The summed E-state index contributed by atoms with van der Waals surface area (Å²) in [6, 6.07) is 14.1. The molecule has 0 bridgehead atoms. The second kappa shape index (κ2) is 12.5. The molecule has 0 unspecified atom stereocenters. The highest BCUT2D eigenvalue weighted by Crippen LogP contribution is 2.32. The van der Waals surface area contributed by atoms with E-state index in [1.165, 1.54) is 23.9 Å². The Morgan fingerprint density at radius 3 is 2.59 bits per heavy atom. The molecule has 0 saturated carbocycles. The van der Waals surface area contributed by atoms with Crippen molar-refractivity contribution in [2.45, 2.75) is 44.2 Å². The molecule has 4 N–H and O–H groups in total. The topological polar surface area (TPSA) is 126 Å². The molecule has 2 saturated heterocycles. The van der Waals surface area contributed by atoms with Crippen LogP contribution in [0.2, 0.25) is 0 Å². The predicted molar refractivity (Wildman–Crippen MR) is 164 cm³/mol. The number of nitrogens with zero attached hydrogens (tertiary/aromatic N) is 3. The first kappa shape index (κ1) is 27.6. The van der Waals surface area contributed by atoms with Gasteiger partial charge in [0.25, 0.3) is 5.91 Å². The molecule has 1 aromatic heterocycles. The van der Waals surface area contributed by atoms with Gasteiger partial charge in [-0.15, -0.1) is 0 Å². The molecule has 11 heteroatoms. The average Bonchev–Trinajstić information content (AvgIpc) is 3.57. The van der Waals surface area contributed by atoms with Gasteiger partial charge in [-0.2, -0.15) is 4.99 Å². The molecular weight excluding hydrogens is 540 g/mol. The molecule has 41 heavy (non-hydrogen) atoms. The number of aliphatic hydroxyl groups is 1. The Kier molecular flexibility index (Phi) is 8.45. The number of aliphatic imine (C=N–C) groups is 1. The van der Waals surface area contributed by atoms with Gasteiger partial charge in [0.05, 0.1) is 10.4 Å². The second-order valence-corrected chi connectivity index (χ2v) is 11.9. The van der Waals surface area contributed by atoms with Crippen LogP contribution in [-0.4, -0.2) is 82.5 Å². The number of benzene rings is 2. The summed E-state index contributed by atoms with van der Waals surface area (Å²) in [5.41, 5.74) is 3.18. The number of para-hydroxylation sites is 1. The Morgan fingerprint density at radius 2 is 1.80 bits per heavy atom. The van der Waals surface area contributed by atoms with E-state index in [-0.39, 0.29) is 18.2 Å². The number of H-pyrrole nitrogens is 2. The Labute approximate surface area is 242 Å². The van der Waals surface area contributed by atoms with Crippen molar-refractivity contribution in [3.05, 3.63) is 63.4 Å². The second-order valence-electron chi connectivity index (χ2n) is 10.8. The summed E-state index contributed by atoms with van der Waals surface area (Å²) >= 11 is 1.49. The third-order valence-corrected chi connectivity index (χ3v) is 8.92. The van der Waals surface area contributed by atoms with Crippen molar-refractivity contribution >= 4 is 45.6 Å². The molecule has 6 rings (SSSR count). The predicted octanol–water partition coefficient (Wildman–Crippen LogP) is 3.31. The van der Waals surface area contributed by atoms with Gasteiger partial charge in [-0.05, 0) is 79.8 Å². The van der Waals surface area contributed by atoms with Crippen LogP contribution in [0.15, 0.2) is 57.2 Å². The number of anilines is 1. The number of imidazole rings is 1. The molecule has 1 atom stereocenters. The van der Waals surface area contributed by atoms with Crippen LogP contribution in [0.25, 0.3) is 17.1 Å². The number of carbonyl (C=O) groups excluding carboxylic acids is 1. The van der Waals surface area contributed by atoms with E-state index in [9.17, 15) is 14.7 Å². The van der Waals surface area contributed by atoms with Gasteiger partial charge in [0, 0.05) is 44.5 Å². The standard InChI is InChI=1S/C30H36N6O4S/c37-23(19-40-25-6-4-5-24-27(25)33-29(39)32-24)18-31-21-11-15-35(16-12-21)22-9-7-20(8-10-22)17-26-28(38)34-30(41-26)36-13-2-1-3-14-36/h4-10,17,21,23,31,37H,1-3,11-16,18-19H2,(H2,32,33,39)/b26-17-/t23-/m0/s1. The lowest BCUT2D eigenvalue weighted by molar-refractivity contribution is -0.113. The van der Waals surface area contributed by atoms with E-state index in [1.807, 2.05) is 6.08 Å². The summed E-state index contributed by atoms with van der Waals surface area (Å²) < 4.78 is 5.78. The number of aromatic nitrogens is 2. The van der Waals surface area contributed by atoms with Crippen LogP contribution in [0.1, 0.15) is 37.7 Å². The lowest BCUT2D eigenvalue weighted by atomic mass is 10.0. The number of thioether (sulfide) groups is 1. The van der Waals surface area contributed by atoms with Gasteiger partial charge < -0.3 is 34.9 Å². The van der Waals surface area contributed by atoms with Crippen molar-refractivity contribution in [3.8, 4) is 5.75 Å². The summed E-state index contributed by atoms with van der Waals surface area (Å²) in [6.07, 6.45) is 6.81. The maximum atomic E-state index is 12.5. The largest absolute Gasteiger partial charge is 0.489 e. The highest BCUT2D eigenvalue weighted by atomic mass is 32.2. The van der Waals surface area contributed by atoms with Gasteiger partial charge in [-0.25, -0.2) is 4.79 Å². The number of nitrogens with one attached hydrogen (secondary N) is 3. The number of hydrogen-bond acceptors (Lipinski definition) is 8. The molecule has 3 aromatic rings. The van der Waals surface area contributed by atoms with Gasteiger partial charge in [0.15, 0.2) is 5.17 Å². The van der Waals surface area contributed by atoms with Crippen molar-refractivity contribution in [2.75, 3.05) is 44.2 Å². The van der Waals surface area contributed by atoms with Crippen molar-refractivity contribution in [3.63, 3.8) is 0 Å². The van der Waals surface area contributed by atoms with Crippen LogP contribution in [0.5, 0.6) is 5.75 Å². The van der Waals surface area contributed by atoms with Crippen LogP contribution in [0.3, 0.4) is 0 Å². The van der Waals surface area contributed by atoms with E-state index in [0.29, 0.717) is 34.3 Å². The van der Waals surface area contributed by atoms with Crippen molar-refractivity contribution in [1.29, 1.82) is 0 Å². The first-order valence-corrected chi connectivity index (χ1v) is 15.2. The van der Waals surface area contributed by atoms with Gasteiger partial charge in [-0.3, -0.25) is 4.79 Å². The summed E-state index contributed by atoms with van der Waals surface area (Å²) in [7, 11) is 0.